The maximum atomic E-state index is 11.8. The van der Waals surface area contributed by atoms with Gasteiger partial charge in [0, 0.05) is 35.3 Å². The van der Waals surface area contributed by atoms with Gasteiger partial charge < -0.3 is 5.11 Å². The molecule has 302 valence electrons. The molecule has 0 aliphatic carbocycles. The van der Waals surface area contributed by atoms with E-state index in [0.29, 0.717) is 28.2 Å². The summed E-state index contributed by atoms with van der Waals surface area (Å²) in [5.41, 5.74) is 9.95. The first-order valence-electron chi connectivity index (χ1n) is 24.9. The smallest absolute Gasteiger partial charge is 0.149 e. The van der Waals surface area contributed by atoms with Crippen molar-refractivity contribution in [3.63, 3.8) is 0 Å². The van der Waals surface area contributed by atoms with Crippen molar-refractivity contribution in [2.75, 3.05) is 0 Å². The zero-order chi connectivity index (χ0) is 50.2. The Balaban J connectivity index is 1.32. The molecular weight excluding hydrogens is 731 g/mol. The predicted molar refractivity (Wildman–Crippen MR) is 253 cm³/mol. The highest BCUT2D eigenvalue weighted by molar-refractivity contribution is 5.97. The summed E-state index contributed by atoms with van der Waals surface area (Å²) in [6.45, 7) is 6.93. The van der Waals surface area contributed by atoms with Gasteiger partial charge in [-0.05, 0) is 134 Å². The summed E-state index contributed by atoms with van der Waals surface area (Å²) in [6, 6.07) is 43.0. The molecular formula is C56H57N3O. The van der Waals surface area contributed by atoms with Crippen LogP contribution in [-0.2, 0) is 16.2 Å². The van der Waals surface area contributed by atoms with Gasteiger partial charge in [0.15, 0.2) is 0 Å². The fraction of sp³-hybridized carbons (Fsp3) is 0.250. The third kappa shape index (κ3) is 7.91. The summed E-state index contributed by atoms with van der Waals surface area (Å²) in [4.78, 5) is 10.3. The number of benzene rings is 6. The summed E-state index contributed by atoms with van der Waals surface area (Å²) in [5, 5.41) is 11.8. The van der Waals surface area contributed by atoms with Crippen LogP contribution in [0, 0.1) is 13.8 Å². The average molecular weight is 797 g/mol. The lowest BCUT2D eigenvalue weighted by Gasteiger charge is -2.23. The maximum Gasteiger partial charge on any atom is 0.149 e. The van der Waals surface area contributed by atoms with Gasteiger partial charge in [-0.2, -0.15) is 0 Å². The largest absolute Gasteiger partial charge is 0.507 e. The molecule has 0 aliphatic heterocycles. The quantitative estimate of drug-likeness (QED) is 0.182. The van der Waals surface area contributed by atoms with E-state index >= 15 is 0 Å². The fourth-order valence-corrected chi connectivity index (χ4v) is 7.92. The summed E-state index contributed by atoms with van der Waals surface area (Å²) in [7, 11) is 0. The number of rotatable bonds is 6. The predicted octanol–water partition coefficient (Wildman–Crippen LogP) is 15.0. The van der Waals surface area contributed by atoms with Crippen molar-refractivity contribution in [1.82, 2.24) is 14.5 Å². The molecule has 2 heterocycles. The van der Waals surface area contributed by atoms with E-state index in [1.165, 1.54) is 12.1 Å². The number of phenols is 1. The molecule has 0 saturated carbocycles. The molecule has 0 radical (unpaired) electrons. The van der Waals surface area contributed by atoms with Crippen LogP contribution in [0.3, 0.4) is 0 Å². The van der Waals surface area contributed by atoms with Gasteiger partial charge in [-0.3, -0.25) is 9.55 Å². The molecule has 60 heavy (non-hydrogen) atoms. The number of nitrogens with zero attached hydrogens (tertiary/aromatic N) is 3. The Bertz CT molecular complexity index is 3190. The van der Waals surface area contributed by atoms with Crippen molar-refractivity contribution in [1.29, 1.82) is 0 Å². The summed E-state index contributed by atoms with van der Waals surface area (Å²) >= 11 is 0. The van der Waals surface area contributed by atoms with E-state index in [4.69, 9.17) is 22.3 Å². The summed E-state index contributed by atoms with van der Waals surface area (Å²) in [6.07, 6.45) is 1.68. The van der Waals surface area contributed by atoms with Crippen LogP contribution in [-0.4, -0.2) is 19.6 Å². The Morgan fingerprint density at radius 1 is 0.533 bits per heavy atom. The van der Waals surface area contributed by atoms with Gasteiger partial charge in [-0.1, -0.05) is 147 Å². The van der Waals surface area contributed by atoms with E-state index in [1.807, 2.05) is 56.3 Å². The number of pyridine rings is 1. The molecule has 8 rings (SSSR count). The Labute approximate surface area is 369 Å². The minimum absolute atomic E-state index is 0.165. The Kier molecular flexibility index (Phi) is 7.73. The lowest BCUT2D eigenvalue weighted by atomic mass is 9.83. The molecule has 0 saturated heterocycles. The maximum absolute atomic E-state index is 11.8. The third-order valence-electron chi connectivity index (χ3n) is 11.3. The zero-order valence-electron chi connectivity index (χ0n) is 44.6. The average Bonchev–Trinajstić information content (AvgIpc) is 3.66. The van der Waals surface area contributed by atoms with Gasteiger partial charge in [0.05, 0.1) is 22.3 Å². The first-order valence-corrected chi connectivity index (χ1v) is 20.4. The van der Waals surface area contributed by atoms with E-state index in [-0.39, 0.29) is 22.1 Å². The van der Waals surface area contributed by atoms with Crippen LogP contribution in [0.15, 0.2) is 140 Å². The van der Waals surface area contributed by atoms with Gasteiger partial charge in [0.2, 0.25) is 0 Å². The molecule has 2 aromatic heterocycles. The molecule has 4 nitrogen and oxygen atoms in total. The zero-order valence-corrected chi connectivity index (χ0v) is 35.6. The number of hydrogen-bond donors (Lipinski definition) is 1. The van der Waals surface area contributed by atoms with E-state index in [9.17, 15) is 5.11 Å². The minimum atomic E-state index is -3.36. The van der Waals surface area contributed by atoms with Crippen LogP contribution in [0.2, 0.25) is 0 Å². The molecule has 0 aliphatic rings. The Hall–Kier alpha value is -6.26. The number of para-hydroxylation sites is 1. The second-order valence-corrected chi connectivity index (χ2v) is 18.1. The van der Waals surface area contributed by atoms with Gasteiger partial charge >= 0.3 is 0 Å². The topological polar surface area (TPSA) is 50.9 Å². The van der Waals surface area contributed by atoms with E-state index in [1.54, 1.807) is 24.4 Å². The van der Waals surface area contributed by atoms with Crippen molar-refractivity contribution >= 4 is 11.0 Å². The van der Waals surface area contributed by atoms with Gasteiger partial charge in [-0.15, -0.1) is 0 Å². The Morgan fingerprint density at radius 3 is 1.90 bits per heavy atom. The number of imidazole rings is 1. The molecule has 0 bridgehead atoms. The summed E-state index contributed by atoms with van der Waals surface area (Å²) in [5.74, 6) is 0.769. The number of aromatic nitrogens is 3. The minimum Gasteiger partial charge on any atom is -0.507 e. The lowest BCUT2D eigenvalue weighted by Crippen LogP contribution is -2.12. The number of fused-ring (bicyclic) bond motifs is 1. The highest BCUT2D eigenvalue weighted by Gasteiger charge is 2.25. The van der Waals surface area contributed by atoms with Crippen molar-refractivity contribution < 1.29 is 17.4 Å². The first-order chi connectivity index (χ1) is 32.1. The van der Waals surface area contributed by atoms with Crippen LogP contribution in [0.25, 0.3) is 72.7 Å². The normalized spacial score (nSPS) is 15.2. The van der Waals surface area contributed by atoms with Crippen LogP contribution in [0.5, 0.6) is 5.75 Å². The van der Waals surface area contributed by atoms with Gasteiger partial charge in [0.25, 0.3) is 0 Å². The highest BCUT2D eigenvalue weighted by Crippen LogP contribution is 2.42. The molecule has 0 atom stereocenters. The van der Waals surface area contributed by atoms with Crippen molar-refractivity contribution in [3.8, 4) is 67.5 Å². The van der Waals surface area contributed by atoms with E-state index in [2.05, 4.69) is 107 Å². The van der Waals surface area contributed by atoms with Crippen molar-refractivity contribution in [2.24, 2.45) is 0 Å². The molecule has 6 aromatic carbocycles. The van der Waals surface area contributed by atoms with E-state index in [0.717, 1.165) is 66.8 Å². The van der Waals surface area contributed by atoms with Crippen molar-refractivity contribution in [3.05, 3.63) is 167 Å². The molecule has 0 unspecified atom stereocenters. The molecule has 0 amide bonds. The second kappa shape index (κ2) is 15.1. The number of aryl methyl sites for hydroxylation is 2. The molecule has 1 N–H and O–H groups in total. The number of phenolic OH excluding ortho intramolecular Hbond substituents is 1. The number of hydrogen-bond acceptors (Lipinski definition) is 3. The SMILES string of the molecule is [2H]C([2H])([2H])C(c1ccc(-c2ccnc(-c3cc(-c4cccc5c4nc(-c4cc(C)cc(C)c4O)n5-c4cc(-c5ccccc5)cc(C(C)(C)C)c4)cc(C(C)(C)C)c3)c2)cc1)(C([2H])([2H])[2H])C([2H])([2H])[2H]. The third-order valence-corrected chi connectivity index (χ3v) is 11.3. The van der Waals surface area contributed by atoms with E-state index < -0.39 is 26.0 Å². The Morgan fingerprint density at radius 2 is 1.20 bits per heavy atom. The molecule has 0 fully saturated rings. The van der Waals surface area contributed by atoms with Gasteiger partial charge in [-0.25, -0.2) is 4.98 Å². The summed E-state index contributed by atoms with van der Waals surface area (Å²) < 4.78 is 75.8. The fourth-order valence-electron chi connectivity index (χ4n) is 7.92. The monoisotopic (exact) mass is 797 g/mol. The molecule has 0 spiro atoms. The second-order valence-electron chi connectivity index (χ2n) is 18.1. The van der Waals surface area contributed by atoms with Crippen molar-refractivity contribution in [2.45, 2.75) is 92.2 Å². The first kappa shape index (κ1) is 30.7. The van der Waals surface area contributed by atoms with Crippen LogP contribution < -0.4 is 0 Å². The molecule has 8 aromatic rings. The highest BCUT2D eigenvalue weighted by atomic mass is 16.3. The van der Waals surface area contributed by atoms with Crippen LogP contribution >= 0.6 is 0 Å². The van der Waals surface area contributed by atoms with Crippen LogP contribution in [0.4, 0.5) is 0 Å². The van der Waals surface area contributed by atoms with Crippen LogP contribution in [0.1, 0.15) is 102 Å². The number of aromatic hydroxyl groups is 1. The standard InChI is InChI=1S/C56H57N3O/c1-35-26-36(2)52(60)48(27-35)53-58-51-47(18-15-19-50(51)59(53)46-32-40(37-16-13-12-14-17-37)29-45(34-46)56(9,10)11)41-28-42(31-44(30-41)55(6,7)8)49-33-39(24-25-57-49)38-20-22-43(23-21-38)54(3,4)5/h12-34,60H,1-11H3/i3D3,4D3,5D3. The molecule has 4 heteroatoms. The van der Waals surface area contributed by atoms with Gasteiger partial charge in [0.1, 0.15) is 11.6 Å². The lowest BCUT2D eigenvalue weighted by molar-refractivity contribution is 0.472.